The van der Waals surface area contributed by atoms with E-state index in [-0.39, 0.29) is 30.3 Å². The van der Waals surface area contributed by atoms with Gasteiger partial charge in [0.05, 0.1) is 11.0 Å². The van der Waals surface area contributed by atoms with Crippen LogP contribution in [0.3, 0.4) is 0 Å². The van der Waals surface area contributed by atoms with Crippen molar-refractivity contribution in [2.24, 2.45) is 11.3 Å². The molecule has 1 saturated carbocycles. The van der Waals surface area contributed by atoms with Gasteiger partial charge in [-0.05, 0) is 37.3 Å². The van der Waals surface area contributed by atoms with Crippen LogP contribution in [0.2, 0.25) is 0 Å². The lowest BCUT2D eigenvalue weighted by Crippen LogP contribution is -2.57. The lowest BCUT2D eigenvalue weighted by Gasteiger charge is -2.43. The summed E-state index contributed by atoms with van der Waals surface area (Å²) in [5, 5.41) is 20.1. The van der Waals surface area contributed by atoms with Crippen molar-refractivity contribution in [2.75, 3.05) is 13.1 Å². The number of carboxylic acid groups (broad SMARTS) is 1. The fourth-order valence-corrected chi connectivity index (χ4v) is 5.32. The number of hydrogen-bond acceptors (Lipinski definition) is 4. The summed E-state index contributed by atoms with van der Waals surface area (Å²) in [6, 6.07) is 6.69. The van der Waals surface area contributed by atoms with Gasteiger partial charge in [0.15, 0.2) is 0 Å². The number of aliphatic hydroxyl groups excluding tert-OH is 1. The molecule has 1 saturated heterocycles. The van der Waals surface area contributed by atoms with E-state index in [1.165, 1.54) is 4.31 Å². The molecule has 0 radical (unpaired) electrons. The van der Waals surface area contributed by atoms with Crippen LogP contribution in [0.4, 0.5) is 0 Å². The molecule has 7 heteroatoms. The lowest BCUT2D eigenvalue weighted by atomic mass is 9.74. The number of aryl methyl sites for hydroxylation is 1. The van der Waals surface area contributed by atoms with Crippen LogP contribution < -0.4 is 0 Å². The van der Waals surface area contributed by atoms with Crippen molar-refractivity contribution in [3.63, 3.8) is 0 Å². The molecular weight excluding hydrogens is 330 g/mol. The predicted molar refractivity (Wildman–Crippen MR) is 88.0 cm³/mol. The minimum Gasteiger partial charge on any atom is -0.481 e. The van der Waals surface area contributed by atoms with Crippen molar-refractivity contribution in [3.05, 3.63) is 29.8 Å². The van der Waals surface area contributed by atoms with Gasteiger partial charge in [-0.1, -0.05) is 31.0 Å². The van der Waals surface area contributed by atoms with Gasteiger partial charge in [-0.15, -0.1) is 0 Å². The first kappa shape index (κ1) is 17.4. The maximum absolute atomic E-state index is 13.0. The van der Waals surface area contributed by atoms with Crippen LogP contribution in [0.1, 0.15) is 31.2 Å². The monoisotopic (exact) mass is 353 g/mol. The Kier molecular flexibility index (Phi) is 4.44. The average molecular weight is 353 g/mol. The first-order valence-electron chi connectivity index (χ1n) is 8.24. The molecule has 2 atom stereocenters. The van der Waals surface area contributed by atoms with Gasteiger partial charge in [0.25, 0.3) is 0 Å². The summed E-state index contributed by atoms with van der Waals surface area (Å²) >= 11 is 0. The molecule has 0 amide bonds. The number of nitrogens with zero attached hydrogens (tertiary/aromatic N) is 1. The highest BCUT2D eigenvalue weighted by atomic mass is 32.2. The Morgan fingerprint density at radius 1 is 1.29 bits per heavy atom. The molecule has 1 aliphatic heterocycles. The quantitative estimate of drug-likeness (QED) is 0.839. The number of hydrogen-bond donors (Lipinski definition) is 2. The number of aliphatic hydroxyl groups is 1. The Balaban J connectivity index is 1.94. The number of benzene rings is 1. The van der Waals surface area contributed by atoms with E-state index in [2.05, 4.69) is 0 Å². The van der Waals surface area contributed by atoms with Crippen molar-refractivity contribution in [2.45, 2.75) is 43.6 Å². The van der Waals surface area contributed by atoms with Crippen LogP contribution in [-0.4, -0.2) is 48.1 Å². The molecule has 0 spiro atoms. The number of piperidine rings is 1. The maximum atomic E-state index is 13.0. The second kappa shape index (κ2) is 6.13. The Labute approximate surface area is 142 Å². The summed E-state index contributed by atoms with van der Waals surface area (Å²) in [5.41, 5.74) is -0.776. The van der Waals surface area contributed by atoms with Gasteiger partial charge >= 0.3 is 5.97 Å². The third-order valence-electron chi connectivity index (χ3n) is 5.24. The Hall–Kier alpha value is -1.44. The van der Waals surface area contributed by atoms with Gasteiger partial charge in [-0.3, -0.25) is 4.79 Å². The Bertz CT molecular complexity index is 743. The SMILES string of the molecule is Cc1ccccc1S(=O)(=O)N1CC[C@@H](O)[C@@](CC2CC2)(C(=O)O)C1. The van der Waals surface area contributed by atoms with Crippen LogP contribution in [0.25, 0.3) is 0 Å². The molecule has 1 aromatic carbocycles. The van der Waals surface area contributed by atoms with Crippen LogP contribution in [0.15, 0.2) is 29.2 Å². The average Bonchev–Trinajstić information content (AvgIpc) is 3.33. The molecule has 24 heavy (non-hydrogen) atoms. The molecule has 1 aliphatic carbocycles. The topological polar surface area (TPSA) is 94.9 Å². The van der Waals surface area contributed by atoms with E-state index in [1.54, 1.807) is 31.2 Å². The first-order chi connectivity index (χ1) is 11.3. The molecule has 3 rings (SSSR count). The smallest absolute Gasteiger partial charge is 0.313 e. The van der Waals surface area contributed by atoms with Crippen molar-refractivity contribution in [1.29, 1.82) is 0 Å². The zero-order valence-electron chi connectivity index (χ0n) is 13.7. The van der Waals surface area contributed by atoms with E-state index < -0.39 is 27.5 Å². The van der Waals surface area contributed by atoms with Gasteiger partial charge in [0, 0.05) is 13.1 Å². The minimum absolute atomic E-state index is 0.136. The molecule has 2 N–H and O–H groups in total. The van der Waals surface area contributed by atoms with E-state index in [0.29, 0.717) is 12.0 Å². The van der Waals surface area contributed by atoms with Gasteiger partial charge in [0.1, 0.15) is 5.41 Å². The highest BCUT2D eigenvalue weighted by molar-refractivity contribution is 7.89. The fourth-order valence-electron chi connectivity index (χ4n) is 3.57. The highest BCUT2D eigenvalue weighted by Gasteiger charge is 2.53. The summed E-state index contributed by atoms with van der Waals surface area (Å²) in [4.78, 5) is 12.1. The summed E-state index contributed by atoms with van der Waals surface area (Å²) in [7, 11) is -3.78. The third-order valence-corrected chi connectivity index (χ3v) is 7.24. The molecule has 0 aromatic heterocycles. The van der Waals surface area contributed by atoms with Gasteiger partial charge in [0.2, 0.25) is 10.0 Å². The second-order valence-electron chi connectivity index (χ2n) is 7.02. The maximum Gasteiger partial charge on any atom is 0.313 e. The number of aliphatic carboxylic acids is 1. The molecule has 132 valence electrons. The van der Waals surface area contributed by atoms with E-state index in [9.17, 15) is 23.4 Å². The van der Waals surface area contributed by atoms with Gasteiger partial charge in [-0.2, -0.15) is 4.31 Å². The van der Waals surface area contributed by atoms with Crippen LogP contribution in [0.5, 0.6) is 0 Å². The summed E-state index contributed by atoms with van der Waals surface area (Å²) in [5.74, 6) is -0.830. The summed E-state index contributed by atoms with van der Waals surface area (Å²) in [6.45, 7) is 1.69. The zero-order chi connectivity index (χ0) is 17.5. The van der Waals surface area contributed by atoms with E-state index in [4.69, 9.17) is 0 Å². The van der Waals surface area contributed by atoms with Crippen molar-refractivity contribution < 1.29 is 23.4 Å². The fraction of sp³-hybridized carbons (Fsp3) is 0.588. The highest BCUT2D eigenvalue weighted by Crippen LogP contribution is 2.45. The molecule has 2 aliphatic rings. The molecule has 1 heterocycles. The van der Waals surface area contributed by atoms with Crippen molar-refractivity contribution in [1.82, 2.24) is 4.31 Å². The van der Waals surface area contributed by atoms with Gasteiger partial charge in [-0.25, -0.2) is 8.42 Å². The van der Waals surface area contributed by atoms with Gasteiger partial charge < -0.3 is 10.2 Å². The molecule has 6 nitrogen and oxygen atoms in total. The molecule has 2 fully saturated rings. The van der Waals surface area contributed by atoms with Crippen LogP contribution >= 0.6 is 0 Å². The van der Waals surface area contributed by atoms with Crippen LogP contribution in [0, 0.1) is 18.3 Å². The van der Waals surface area contributed by atoms with E-state index in [1.807, 2.05) is 0 Å². The normalized spacial score (nSPS) is 28.7. The largest absolute Gasteiger partial charge is 0.481 e. The zero-order valence-corrected chi connectivity index (χ0v) is 14.5. The molecule has 0 unspecified atom stereocenters. The Morgan fingerprint density at radius 3 is 2.54 bits per heavy atom. The van der Waals surface area contributed by atoms with E-state index >= 15 is 0 Å². The van der Waals surface area contributed by atoms with Crippen molar-refractivity contribution in [3.8, 4) is 0 Å². The molecule has 1 aromatic rings. The Morgan fingerprint density at radius 2 is 1.96 bits per heavy atom. The molecule has 0 bridgehead atoms. The summed E-state index contributed by atoms with van der Waals surface area (Å²) < 4.78 is 27.2. The molecular formula is C17H23NO5S. The third kappa shape index (κ3) is 2.96. The number of carboxylic acids is 1. The number of carbonyl (C=O) groups is 1. The minimum atomic E-state index is -3.78. The first-order valence-corrected chi connectivity index (χ1v) is 9.68. The van der Waals surface area contributed by atoms with Crippen molar-refractivity contribution >= 4 is 16.0 Å². The van der Waals surface area contributed by atoms with E-state index in [0.717, 1.165) is 12.8 Å². The summed E-state index contributed by atoms with van der Waals surface area (Å²) in [6.07, 6.45) is 1.37. The number of rotatable bonds is 5. The standard InChI is InChI=1S/C17H23NO5S/c1-12-4-2-3-5-14(12)24(22,23)18-9-8-15(19)17(11-18,16(20)21)10-13-6-7-13/h2-5,13,15,19H,6-11H2,1H3,(H,20,21)/t15-,17+/m1/s1. The van der Waals surface area contributed by atoms with Crippen LogP contribution in [-0.2, 0) is 14.8 Å². The number of sulfonamides is 1. The second-order valence-corrected chi connectivity index (χ2v) is 8.92. The lowest BCUT2D eigenvalue weighted by molar-refractivity contribution is -0.162. The predicted octanol–water partition coefficient (Wildman–Crippen LogP) is 1.62.